The molecule has 0 atom stereocenters. The predicted molar refractivity (Wildman–Crippen MR) is 70.8 cm³/mol. The van der Waals surface area contributed by atoms with Gasteiger partial charge < -0.3 is 5.32 Å². The van der Waals surface area contributed by atoms with E-state index in [0.717, 1.165) is 35.1 Å². The highest BCUT2D eigenvalue weighted by Gasteiger charge is 2.13. The summed E-state index contributed by atoms with van der Waals surface area (Å²) in [5.41, 5.74) is 1.12. The van der Waals surface area contributed by atoms with Crippen LogP contribution in [0.5, 0.6) is 0 Å². The molecule has 0 saturated heterocycles. The van der Waals surface area contributed by atoms with Gasteiger partial charge in [0.15, 0.2) is 0 Å². The number of nitrogens with zero attached hydrogens (tertiary/aromatic N) is 4. The highest BCUT2D eigenvalue weighted by Crippen LogP contribution is 2.29. The second-order valence-corrected chi connectivity index (χ2v) is 4.77. The molecule has 96 valence electrons. The minimum absolute atomic E-state index is 0.686. The molecule has 0 aliphatic heterocycles. The summed E-state index contributed by atoms with van der Waals surface area (Å²) in [7, 11) is 1.87. The molecule has 0 spiro atoms. The zero-order valence-electron chi connectivity index (χ0n) is 10.7. The van der Waals surface area contributed by atoms with Crippen LogP contribution in [0.25, 0.3) is 0 Å². The average Bonchev–Trinajstić information content (AvgIpc) is 2.77. The molecular weight excluding hydrogens is 248 g/mol. The molecule has 0 amide bonds. The van der Waals surface area contributed by atoms with Crippen LogP contribution < -0.4 is 5.32 Å². The van der Waals surface area contributed by atoms with Crippen LogP contribution in [0.1, 0.15) is 24.7 Å². The summed E-state index contributed by atoms with van der Waals surface area (Å²) < 4.78 is 0. The van der Waals surface area contributed by atoms with Crippen LogP contribution >= 0.6 is 11.8 Å². The Morgan fingerprint density at radius 2 is 2.22 bits per heavy atom. The van der Waals surface area contributed by atoms with E-state index >= 15 is 0 Å². The first-order valence-corrected chi connectivity index (χ1v) is 6.64. The molecule has 0 radical (unpaired) electrons. The van der Waals surface area contributed by atoms with Crippen molar-refractivity contribution in [1.82, 2.24) is 25.1 Å². The molecule has 2 aromatic rings. The summed E-state index contributed by atoms with van der Waals surface area (Å²) in [6, 6.07) is 0. The highest BCUT2D eigenvalue weighted by molar-refractivity contribution is 7.99. The van der Waals surface area contributed by atoms with E-state index in [4.69, 9.17) is 0 Å². The monoisotopic (exact) mass is 264 g/mol. The first-order valence-electron chi connectivity index (χ1n) is 5.83. The van der Waals surface area contributed by atoms with Gasteiger partial charge in [0.1, 0.15) is 23.0 Å². The number of aromatic nitrogens is 5. The van der Waals surface area contributed by atoms with E-state index in [1.807, 2.05) is 14.0 Å². The molecule has 0 aliphatic rings. The molecule has 18 heavy (non-hydrogen) atoms. The van der Waals surface area contributed by atoms with E-state index in [9.17, 15) is 0 Å². The lowest BCUT2D eigenvalue weighted by Gasteiger charge is -2.09. The molecule has 0 aromatic carbocycles. The first kappa shape index (κ1) is 12.8. The third kappa shape index (κ3) is 2.79. The summed E-state index contributed by atoms with van der Waals surface area (Å²) >= 11 is 1.46. The van der Waals surface area contributed by atoms with Gasteiger partial charge in [-0.3, -0.25) is 5.10 Å². The maximum absolute atomic E-state index is 4.33. The largest absolute Gasteiger partial charge is 0.373 e. The minimum atomic E-state index is 0.686. The molecule has 0 aliphatic carbocycles. The van der Waals surface area contributed by atoms with E-state index in [2.05, 4.69) is 37.4 Å². The summed E-state index contributed by atoms with van der Waals surface area (Å²) in [5.74, 6) is 1.68. The van der Waals surface area contributed by atoms with E-state index in [0.29, 0.717) is 5.16 Å². The molecule has 2 N–H and O–H groups in total. The molecule has 0 unspecified atom stereocenters. The second-order valence-electron chi connectivity index (χ2n) is 3.81. The van der Waals surface area contributed by atoms with Gasteiger partial charge in [-0.25, -0.2) is 15.0 Å². The maximum Gasteiger partial charge on any atom is 0.214 e. The van der Waals surface area contributed by atoms with Crippen molar-refractivity contribution >= 4 is 17.6 Å². The Morgan fingerprint density at radius 1 is 1.39 bits per heavy atom. The molecule has 7 heteroatoms. The van der Waals surface area contributed by atoms with Crippen molar-refractivity contribution in [2.45, 2.75) is 36.9 Å². The quantitative estimate of drug-likeness (QED) is 0.805. The fourth-order valence-electron chi connectivity index (χ4n) is 1.63. The SMILES string of the molecule is CCCc1c(NC)ncnc1Sc1n[nH]c(C)n1. The summed E-state index contributed by atoms with van der Waals surface area (Å²) in [6.07, 6.45) is 3.54. The topological polar surface area (TPSA) is 79.4 Å². The lowest BCUT2D eigenvalue weighted by Crippen LogP contribution is -2.02. The van der Waals surface area contributed by atoms with E-state index in [-0.39, 0.29) is 0 Å². The number of rotatable bonds is 5. The molecule has 2 rings (SSSR count). The third-order valence-electron chi connectivity index (χ3n) is 2.41. The van der Waals surface area contributed by atoms with Gasteiger partial charge in [0.2, 0.25) is 5.16 Å². The molecule has 0 fully saturated rings. The smallest absolute Gasteiger partial charge is 0.214 e. The summed E-state index contributed by atoms with van der Waals surface area (Å²) in [4.78, 5) is 12.8. The highest BCUT2D eigenvalue weighted by atomic mass is 32.2. The fourth-order valence-corrected chi connectivity index (χ4v) is 2.50. The lowest BCUT2D eigenvalue weighted by atomic mass is 10.2. The van der Waals surface area contributed by atoms with Crippen molar-refractivity contribution in [3.05, 3.63) is 17.7 Å². The number of H-pyrrole nitrogens is 1. The maximum atomic E-state index is 4.33. The van der Waals surface area contributed by atoms with Crippen molar-refractivity contribution in [3.8, 4) is 0 Å². The summed E-state index contributed by atoms with van der Waals surface area (Å²) in [5, 5.41) is 11.6. The van der Waals surface area contributed by atoms with Crippen molar-refractivity contribution in [2.75, 3.05) is 12.4 Å². The van der Waals surface area contributed by atoms with Gasteiger partial charge in [0.05, 0.1) is 0 Å². The molecule has 0 bridgehead atoms. The Bertz CT molecular complexity index is 524. The second kappa shape index (κ2) is 5.81. The van der Waals surface area contributed by atoms with Gasteiger partial charge in [0.25, 0.3) is 0 Å². The molecular formula is C11H16N6S. The van der Waals surface area contributed by atoms with Crippen LogP contribution in [-0.4, -0.2) is 32.2 Å². The number of anilines is 1. The zero-order valence-corrected chi connectivity index (χ0v) is 11.5. The number of hydrogen-bond donors (Lipinski definition) is 2. The average molecular weight is 264 g/mol. The van der Waals surface area contributed by atoms with Gasteiger partial charge in [-0.1, -0.05) is 13.3 Å². The van der Waals surface area contributed by atoms with Crippen molar-refractivity contribution in [3.63, 3.8) is 0 Å². The van der Waals surface area contributed by atoms with Crippen LogP contribution in [0.2, 0.25) is 0 Å². The fraction of sp³-hybridized carbons (Fsp3) is 0.455. The van der Waals surface area contributed by atoms with Crippen molar-refractivity contribution in [1.29, 1.82) is 0 Å². The molecule has 0 saturated carbocycles. The Balaban J connectivity index is 2.31. The zero-order chi connectivity index (χ0) is 13.0. The lowest BCUT2D eigenvalue weighted by molar-refractivity contribution is 0.855. The third-order valence-corrected chi connectivity index (χ3v) is 3.32. The molecule has 2 aromatic heterocycles. The number of aromatic amines is 1. The molecule has 2 heterocycles. The van der Waals surface area contributed by atoms with Crippen LogP contribution in [0.15, 0.2) is 16.5 Å². The first-order chi connectivity index (χ1) is 8.74. The van der Waals surface area contributed by atoms with Gasteiger partial charge in [-0.05, 0) is 25.1 Å². The Hall–Kier alpha value is -1.63. The van der Waals surface area contributed by atoms with Crippen LogP contribution in [0.3, 0.4) is 0 Å². The Kier molecular flexibility index (Phi) is 4.14. The minimum Gasteiger partial charge on any atom is -0.373 e. The van der Waals surface area contributed by atoms with Crippen molar-refractivity contribution < 1.29 is 0 Å². The van der Waals surface area contributed by atoms with Crippen LogP contribution in [-0.2, 0) is 6.42 Å². The number of nitrogens with one attached hydrogen (secondary N) is 2. The number of aryl methyl sites for hydroxylation is 1. The Labute approximate surface area is 110 Å². The van der Waals surface area contributed by atoms with E-state index in [1.165, 1.54) is 11.8 Å². The number of hydrogen-bond acceptors (Lipinski definition) is 6. The Morgan fingerprint density at radius 3 is 2.83 bits per heavy atom. The van der Waals surface area contributed by atoms with Gasteiger partial charge in [-0.15, -0.1) is 5.10 Å². The standard InChI is InChI=1S/C11H16N6S/c1-4-5-8-9(12-3)13-6-14-10(8)18-11-15-7(2)16-17-11/h6H,4-5H2,1-3H3,(H,12,13,14)(H,15,16,17). The van der Waals surface area contributed by atoms with Gasteiger partial charge in [0, 0.05) is 12.6 Å². The van der Waals surface area contributed by atoms with Crippen LogP contribution in [0.4, 0.5) is 5.82 Å². The van der Waals surface area contributed by atoms with Gasteiger partial charge >= 0.3 is 0 Å². The normalized spacial score (nSPS) is 10.6. The van der Waals surface area contributed by atoms with Crippen LogP contribution in [0, 0.1) is 6.92 Å². The predicted octanol–water partition coefficient (Wildman–Crippen LogP) is 2.05. The van der Waals surface area contributed by atoms with E-state index in [1.54, 1.807) is 6.33 Å². The van der Waals surface area contributed by atoms with Crippen molar-refractivity contribution in [2.24, 2.45) is 0 Å². The van der Waals surface area contributed by atoms with E-state index < -0.39 is 0 Å². The van der Waals surface area contributed by atoms with Gasteiger partial charge in [-0.2, -0.15) is 0 Å². The summed E-state index contributed by atoms with van der Waals surface area (Å²) in [6.45, 7) is 4.01. The molecule has 6 nitrogen and oxygen atoms in total.